The highest BCUT2D eigenvalue weighted by Crippen LogP contribution is 2.21. The van der Waals surface area contributed by atoms with Crippen molar-refractivity contribution in [3.63, 3.8) is 0 Å². The van der Waals surface area contributed by atoms with E-state index in [9.17, 15) is 22.4 Å². The first-order valence-corrected chi connectivity index (χ1v) is 11.4. The molecule has 0 saturated carbocycles. The topological polar surface area (TPSA) is 90.0 Å². The number of sulfonamides is 1. The number of carbonyl (C=O) groups excluding carboxylic acids is 2. The standard InChI is InChI=1S/C23H20FNO6S/c24-21-8-7-19(32(28,29)25-9-11-30-12-10-25)14-20(21)23(27)31-15-22(26)18-6-5-16-3-1-2-4-17(16)13-18/h1-8,13-14H,9-12,15H2. The maximum Gasteiger partial charge on any atom is 0.341 e. The second kappa shape index (κ2) is 9.15. The molecule has 0 aliphatic carbocycles. The van der Waals surface area contributed by atoms with Crippen molar-refractivity contribution < 1.29 is 31.9 Å². The Hall–Kier alpha value is -3.14. The highest BCUT2D eigenvalue weighted by Gasteiger charge is 2.28. The number of Topliss-reactive ketones (excluding diaryl/α,β-unsaturated/α-hetero) is 1. The number of esters is 1. The second-order valence-corrected chi connectivity index (χ2v) is 9.16. The molecule has 0 N–H and O–H groups in total. The first kappa shape index (κ1) is 22.1. The minimum atomic E-state index is -3.92. The van der Waals surface area contributed by atoms with E-state index in [1.165, 1.54) is 4.31 Å². The van der Waals surface area contributed by atoms with Gasteiger partial charge in [-0.3, -0.25) is 4.79 Å². The Morgan fingerprint density at radius 3 is 2.44 bits per heavy atom. The largest absolute Gasteiger partial charge is 0.454 e. The summed E-state index contributed by atoms with van der Waals surface area (Å²) >= 11 is 0. The van der Waals surface area contributed by atoms with Crippen molar-refractivity contribution in [2.45, 2.75) is 4.90 Å². The van der Waals surface area contributed by atoms with Gasteiger partial charge in [0.1, 0.15) is 5.82 Å². The maximum absolute atomic E-state index is 14.3. The van der Waals surface area contributed by atoms with Crippen molar-refractivity contribution in [1.29, 1.82) is 0 Å². The zero-order valence-corrected chi connectivity index (χ0v) is 17.8. The predicted octanol–water partition coefficient (Wildman–Crippen LogP) is 3.04. The van der Waals surface area contributed by atoms with Gasteiger partial charge in [-0.2, -0.15) is 4.31 Å². The van der Waals surface area contributed by atoms with Crippen molar-refractivity contribution in [3.8, 4) is 0 Å². The van der Waals surface area contributed by atoms with Gasteiger partial charge in [0, 0.05) is 18.7 Å². The van der Waals surface area contributed by atoms with E-state index in [0.29, 0.717) is 5.56 Å². The average molecular weight is 457 g/mol. The van der Waals surface area contributed by atoms with Crippen LogP contribution < -0.4 is 0 Å². The molecular formula is C23H20FNO6S. The third kappa shape index (κ3) is 4.55. The Morgan fingerprint density at radius 2 is 1.69 bits per heavy atom. The summed E-state index contributed by atoms with van der Waals surface area (Å²) in [6, 6.07) is 15.5. The fourth-order valence-electron chi connectivity index (χ4n) is 3.41. The molecule has 0 unspecified atom stereocenters. The average Bonchev–Trinajstić information content (AvgIpc) is 2.82. The lowest BCUT2D eigenvalue weighted by atomic mass is 10.0. The summed E-state index contributed by atoms with van der Waals surface area (Å²) in [5.41, 5.74) is -0.203. The summed E-state index contributed by atoms with van der Waals surface area (Å²) in [7, 11) is -3.92. The molecule has 3 aromatic rings. The molecule has 9 heteroatoms. The minimum Gasteiger partial charge on any atom is -0.454 e. The highest BCUT2D eigenvalue weighted by molar-refractivity contribution is 7.89. The SMILES string of the molecule is O=C(COC(=O)c1cc(S(=O)(=O)N2CCOCC2)ccc1F)c1ccc2ccccc2c1. The molecule has 0 bridgehead atoms. The molecule has 0 amide bonds. The van der Waals surface area contributed by atoms with Gasteiger partial charge >= 0.3 is 5.97 Å². The minimum absolute atomic E-state index is 0.166. The van der Waals surface area contributed by atoms with Crippen molar-refractivity contribution in [1.82, 2.24) is 4.31 Å². The molecule has 1 aliphatic rings. The van der Waals surface area contributed by atoms with Crippen LogP contribution in [0, 0.1) is 5.82 Å². The fourth-order valence-corrected chi connectivity index (χ4v) is 4.85. The smallest absolute Gasteiger partial charge is 0.341 e. The number of fused-ring (bicyclic) bond motifs is 1. The van der Waals surface area contributed by atoms with E-state index in [1.54, 1.807) is 18.2 Å². The highest BCUT2D eigenvalue weighted by atomic mass is 32.2. The van der Waals surface area contributed by atoms with Crippen molar-refractivity contribution >= 4 is 32.5 Å². The van der Waals surface area contributed by atoms with E-state index in [2.05, 4.69) is 0 Å². The number of hydrogen-bond acceptors (Lipinski definition) is 6. The van der Waals surface area contributed by atoms with Gasteiger partial charge in [0.15, 0.2) is 12.4 Å². The Morgan fingerprint density at radius 1 is 0.969 bits per heavy atom. The molecule has 1 fully saturated rings. The summed E-state index contributed by atoms with van der Waals surface area (Å²) in [5.74, 6) is -2.51. The Balaban J connectivity index is 1.49. The summed E-state index contributed by atoms with van der Waals surface area (Å²) in [4.78, 5) is 24.7. The van der Waals surface area contributed by atoms with E-state index in [-0.39, 0.29) is 31.2 Å². The van der Waals surface area contributed by atoms with E-state index in [4.69, 9.17) is 9.47 Å². The summed E-state index contributed by atoms with van der Waals surface area (Å²) in [6.45, 7) is 0.245. The van der Waals surface area contributed by atoms with Crippen LogP contribution in [0.5, 0.6) is 0 Å². The summed E-state index contributed by atoms with van der Waals surface area (Å²) in [5, 5.41) is 1.82. The van der Waals surface area contributed by atoms with Crippen LogP contribution in [0.15, 0.2) is 65.6 Å². The number of ketones is 1. The quantitative estimate of drug-likeness (QED) is 0.418. The van der Waals surface area contributed by atoms with Crippen LogP contribution in [0.1, 0.15) is 20.7 Å². The van der Waals surface area contributed by atoms with Crippen LogP contribution in [-0.4, -0.2) is 57.4 Å². The number of hydrogen-bond donors (Lipinski definition) is 0. The second-order valence-electron chi connectivity index (χ2n) is 7.22. The lowest BCUT2D eigenvalue weighted by Gasteiger charge is -2.26. The maximum atomic E-state index is 14.3. The molecule has 32 heavy (non-hydrogen) atoms. The van der Waals surface area contributed by atoms with Crippen LogP contribution in [-0.2, 0) is 19.5 Å². The Labute approximate surface area is 184 Å². The van der Waals surface area contributed by atoms with Gasteiger partial charge in [-0.25, -0.2) is 17.6 Å². The number of morpholine rings is 1. The van der Waals surface area contributed by atoms with E-state index < -0.39 is 39.8 Å². The van der Waals surface area contributed by atoms with Crippen LogP contribution >= 0.6 is 0 Å². The Bertz CT molecular complexity index is 1280. The van der Waals surface area contributed by atoms with Gasteiger partial charge < -0.3 is 9.47 Å². The molecule has 0 atom stereocenters. The van der Waals surface area contributed by atoms with Crippen LogP contribution in [0.25, 0.3) is 10.8 Å². The molecule has 0 radical (unpaired) electrons. The fraction of sp³-hybridized carbons (Fsp3) is 0.217. The Kier molecular flexibility index (Phi) is 6.31. The van der Waals surface area contributed by atoms with Crippen LogP contribution in [0.3, 0.4) is 0 Å². The molecule has 3 aromatic carbocycles. The molecule has 166 valence electrons. The molecule has 1 aliphatic heterocycles. The number of rotatable bonds is 6. The number of benzene rings is 3. The normalized spacial score (nSPS) is 14.9. The molecule has 7 nitrogen and oxygen atoms in total. The lowest BCUT2D eigenvalue weighted by molar-refractivity contribution is 0.0470. The zero-order chi connectivity index (χ0) is 22.7. The third-order valence-corrected chi connectivity index (χ3v) is 7.07. The molecule has 1 heterocycles. The van der Waals surface area contributed by atoms with Gasteiger partial charge in [-0.1, -0.05) is 36.4 Å². The lowest BCUT2D eigenvalue weighted by Crippen LogP contribution is -2.40. The first-order valence-electron chi connectivity index (χ1n) is 9.93. The van der Waals surface area contributed by atoms with Gasteiger partial charge in [-0.15, -0.1) is 0 Å². The monoisotopic (exact) mass is 457 g/mol. The van der Waals surface area contributed by atoms with Crippen LogP contribution in [0.4, 0.5) is 4.39 Å². The van der Waals surface area contributed by atoms with Gasteiger partial charge in [0.25, 0.3) is 0 Å². The van der Waals surface area contributed by atoms with E-state index >= 15 is 0 Å². The number of ether oxygens (including phenoxy) is 2. The zero-order valence-electron chi connectivity index (χ0n) is 17.0. The number of carbonyl (C=O) groups is 2. The molecule has 1 saturated heterocycles. The number of nitrogens with zero attached hydrogens (tertiary/aromatic N) is 1. The molecule has 0 spiro atoms. The van der Waals surface area contributed by atoms with Crippen molar-refractivity contribution in [2.75, 3.05) is 32.9 Å². The first-order chi connectivity index (χ1) is 15.4. The van der Waals surface area contributed by atoms with E-state index in [1.807, 2.05) is 24.3 Å². The van der Waals surface area contributed by atoms with Crippen molar-refractivity contribution in [2.24, 2.45) is 0 Å². The van der Waals surface area contributed by atoms with E-state index in [0.717, 1.165) is 29.0 Å². The predicted molar refractivity (Wildman–Crippen MR) is 115 cm³/mol. The van der Waals surface area contributed by atoms with Gasteiger partial charge in [0.2, 0.25) is 10.0 Å². The molecular weight excluding hydrogens is 437 g/mol. The number of halogens is 1. The molecule has 0 aromatic heterocycles. The van der Waals surface area contributed by atoms with Crippen LogP contribution in [0.2, 0.25) is 0 Å². The summed E-state index contributed by atoms with van der Waals surface area (Å²) in [6.07, 6.45) is 0. The van der Waals surface area contributed by atoms with Crippen molar-refractivity contribution in [3.05, 3.63) is 77.6 Å². The van der Waals surface area contributed by atoms with Gasteiger partial charge in [-0.05, 0) is 35.0 Å². The molecule has 4 rings (SSSR count). The summed E-state index contributed by atoms with van der Waals surface area (Å²) < 4.78 is 51.2. The van der Waals surface area contributed by atoms with Gasteiger partial charge in [0.05, 0.1) is 23.7 Å². The third-order valence-electron chi connectivity index (χ3n) is 5.17.